The number of anilines is 1. The number of aliphatic carboxylic acids is 2. The minimum absolute atomic E-state index is 0.0500. The van der Waals surface area contributed by atoms with Crippen LogP contribution in [0.15, 0.2) is 29.8 Å². The molecular formula is C22H31NO5. The summed E-state index contributed by atoms with van der Waals surface area (Å²) in [5.41, 5.74) is 0.329. The van der Waals surface area contributed by atoms with Crippen molar-refractivity contribution in [2.75, 3.05) is 5.32 Å². The van der Waals surface area contributed by atoms with Crippen LogP contribution >= 0.6 is 0 Å². The summed E-state index contributed by atoms with van der Waals surface area (Å²) < 4.78 is 0. The number of amides is 1. The molecule has 0 aliphatic heterocycles. The average Bonchev–Trinajstić information content (AvgIpc) is 2.65. The topological polar surface area (TPSA) is 104 Å². The first-order chi connectivity index (χ1) is 13.3. The molecule has 0 aliphatic rings. The maximum absolute atomic E-state index is 12.3. The van der Waals surface area contributed by atoms with E-state index < -0.39 is 17.5 Å². The Kier molecular flexibility index (Phi) is 10.6. The number of benzene rings is 1. The molecule has 3 N–H and O–H groups in total. The first kappa shape index (κ1) is 23.4. The van der Waals surface area contributed by atoms with Gasteiger partial charge in [-0.05, 0) is 30.2 Å². The van der Waals surface area contributed by atoms with E-state index in [1.807, 2.05) is 6.92 Å². The van der Waals surface area contributed by atoms with Gasteiger partial charge in [0, 0.05) is 11.6 Å². The molecule has 6 heteroatoms. The number of carbonyl (C=O) groups is 3. The van der Waals surface area contributed by atoms with E-state index in [0.717, 1.165) is 25.3 Å². The summed E-state index contributed by atoms with van der Waals surface area (Å²) >= 11 is 0. The number of hydrogen-bond acceptors (Lipinski definition) is 3. The molecule has 1 aromatic rings. The van der Waals surface area contributed by atoms with Crippen molar-refractivity contribution in [3.05, 3.63) is 35.4 Å². The highest BCUT2D eigenvalue weighted by Crippen LogP contribution is 2.17. The second-order valence-electron chi connectivity index (χ2n) is 7.09. The lowest BCUT2D eigenvalue weighted by molar-refractivity contribution is -0.140. The van der Waals surface area contributed by atoms with Crippen LogP contribution in [-0.4, -0.2) is 28.1 Å². The van der Waals surface area contributed by atoms with Gasteiger partial charge in [0.25, 0.3) is 0 Å². The summed E-state index contributed by atoms with van der Waals surface area (Å²) in [4.78, 5) is 34.1. The van der Waals surface area contributed by atoms with Crippen LogP contribution in [0.5, 0.6) is 0 Å². The molecule has 0 bridgehead atoms. The zero-order chi connectivity index (χ0) is 20.9. The number of rotatable bonds is 13. The second-order valence-corrected chi connectivity index (χ2v) is 7.09. The Morgan fingerprint density at radius 3 is 2.00 bits per heavy atom. The zero-order valence-electron chi connectivity index (χ0n) is 16.7. The lowest BCUT2D eigenvalue weighted by Crippen LogP contribution is -2.20. The van der Waals surface area contributed by atoms with E-state index in [9.17, 15) is 14.4 Å². The molecule has 0 saturated carbocycles. The van der Waals surface area contributed by atoms with Crippen LogP contribution in [0.1, 0.15) is 70.8 Å². The van der Waals surface area contributed by atoms with Crippen LogP contribution in [0.3, 0.4) is 0 Å². The summed E-state index contributed by atoms with van der Waals surface area (Å²) in [5, 5.41) is 20.6. The van der Waals surface area contributed by atoms with Gasteiger partial charge in [-0.25, -0.2) is 9.59 Å². The molecule has 0 heterocycles. The normalized spacial score (nSPS) is 11.5. The molecule has 1 aromatic carbocycles. The molecule has 0 aliphatic carbocycles. The molecule has 1 atom stereocenters. The van der Waals surface area contributed by atoms with Crippen molar-refractivity contribution in [3.63, 3.8) is 0 Å². The Balaban J connectivity index is 2.46. The second kappa shape index (κ2) is 12.7. The van der Waals surface area contributed by atoms with Crippen molar-refractivity contribution in [2.24, 2.45) is 5.92 Å². The minimum Gasteiger partial charge on any atom is -0.477 e. The maximum Gasteiger partial charge on any atom is 0.343 e. The Bertz CT molecular complexity index is 663. The number of carboxylic acid groups (broad SMARTS) is 2. The summed E-state index contributed by atoms with van der Waals surface area (Å²) in [5.74, 6) is -3.12. The van der Waals surface area contributed by atoms with Crippen LogP contribution in [-0.2, 0) is 14.4 Å². The summed E-state index contributed by atoms with van der Waals surface area (Å²) in [7, 11) is 0. The molecule has 0 fully saturated rings. The fourth-order valence-corrected chi connectivity index (χ4v) is 2.85. The van der Waals surface area contributed by atoms with Crippen molar-refractivity contribution >= 4 is 29.6 Å². The van der Waals surface area contributed by atoms with Crippen molar-refractivity contribution in [2.45, 2.75) is 65.2 Å². The van der Waals surface area contributed by atoms with E-state index in [0.29, 0.717) is 11.3 Å². The van der Waals surface area contributed by atoms with E-state index in [-0.39, 0.29) is 11.8 Å². The molecule has 0 spiro atoms. The molecule has 0 saturated heterocycles. The van der Waals surface area contributed by atoms with Gasteiger partial charge in [-0.15, -0.1) is 0 Å². The predicted molar refractivity (Wildman–Crippen MR) is 110 cm³/mol. The average molecular weight is 389 g/mol. The standard InChI is InChI=1S/C22H31NO5/c1-3-4-5-6-7-8-9-10-16(2)20(24)23-18-13-11-17(12-14-18)15-19(21(25)26)22(27)28/h11-16H,3-10H2,1-2H3,(H,23,24)(H,25,26)(H,27,28). The van der Waals surface area contributed by atoms with E-state index >= 15 is 0 Å². The quantitative estimate of drug-likeness (QED) is 0.192. The van der Waals surface area contributed by atoms with Gasteiger partial charge in [0.05, 0.1) is 0 Å². The van der Waals surface area contributed by atoms with Crippen LogP contribution < -0.4 is 5.32 Å². The number of unbranched alkanes of at least 4 members (excludes halogenated alkanes) is 6. The van der Waals surface area contributed by atoms with Gasteiger partial charge in [-0.2, -0.15) is 0 Å². The van der Waals surface area contributed by atoms with Crippen LogP contribution in [0.2, 0.25) is 0 Å². The number of hydrogen-bond donors (Lipinski definition) is 3. The number of nitrogens with one attached hydrogen (secondary N) is 1. The van der Waals surface area contributed by atoms with Gasteiger partial charge in [0.15, 0.2) is 0 Å². The van der Waals surface area contributed by atoms with Crippen LogP contribution in [0.4, 0.5) is 5.69 Å². The lowest BCUT2D eigenvalue weighted by Gasteiger charge is -2.12. The van der Waals surface area contributed by atoms with E-state index in [2.05, 4.69) is 12.2 Å². The third-order valence-electron chi connectivity index (χ3n) is 4.64. The van der Waals surface area contributed by atoms with Gasteiger partial charge in [0.1, 0.15) is 5.57 Å². The fraction of sp³-hybridized carbons (Fsp3) is 0.500. The van der Waals surface area contributed by atoms with Crippen molar-refractivity contribution in [3.8, 4) is 0 Å². The zero-order valence-corrected chi connectivity index (χ0v) is 16.7. The van der Waals surface area contributed by atoms with Gasteiger partial charge >= 0.3 is 11.9 Å². The number of carbonyl (C=O) groups excluding carboxylic acids is 1. The van der Waals surface area contributed by atoms with Gasteiger partial charge < -0.3 is 15.5 Å². The third kappa shape index (κ3) is 8.84. The first-order valence-corrected chi connectivity index (χ1v) is 9.94. The summed E-state index contributed by atoms with van der Waals surface area (Å²) in [6.45, 7) is 4.11. The van der Waals surface area contributed by atoms with Crippen molar-refractivity contribution in [1.29, 1.82) is 0 Å². The maximum atomic E-state index is 12.3. The van der Waals surface area contributed by atoms with Crippen LogP contribution in [0, 0.1) is 5.92 Å². The van der Waals surface area contributed by atoms with Gasteiger partial charge in [-0.3, -0.25) is 4.79 Å². The molecule has 28 heavy (non-hydrogen) atoms. The SMILES string of the molecule is CCCCCCCCCC(C)C(=O)Nc1ccc(C=C(C(=O)O)C(=O)O)cc1. The smallest absolute Gasteiger partial charge is 0.343 e. The number of carboxylic acids is 2. The Labute approximate surface area is 166 Å². The summed E-state index contributed by atoms with van der Waals surface area (Å²) in [6.07, 6.45) is 10.4. The highest BCUT2D eigenvalue weighted by molar-refractivity contribution is 6.16. The van der Waals surface area contributed by atoms with E-state index in [1.165, 1.54) is 32.1 Å². The third-order valence-corrected chi connectivity index (χ3v) is 4.64. The Morgan fingerprint density at radius 1 is 0.929 bits per heavy atom. The van der Waals surface area contributed by atoms with E-state index in [1.54, 1.807) is 24.3 Å². The van der Waals surface area contributed by atoms with Crippen molar-refractivity contribution < 1.29 is 24.6 Å². The fourth-order valence-electron chi connectivity index (χ4n) is 2.85. The molecule has 1 amide bonds. The molecule has 0 radical (unpaired) electrons. The minimum atomic E-state index is -1.50. The largest absolute Gasteiger partial charge is 0.477 e. The summed E-state index contributed by atoms with van der Waals surface area (Å²) in [6, 6.07) is 6.40. The molecule has 154 valence electrons. The molecular weight excluding hydrogens is 358 g/mol. The molecule has 1 rings (SSSR count). The van der Waals surface area contributed by atoms with Crippen molar-refractivity contribution in [1.82, 2.24) is 0 Å². The molecule has 1 unspecified atom stereocenters. The Hall–Kier alpha value is -2.63. The monoisotopic (exact) mass is 389 g/mol. The highest BCUT2D eigenvalue weighted by atomic mass is 16.4. The molecule has 0 aromatic heterocycles. The lowest BCUT2D eigenvalue weighted by atomic mass is 10.0. The van der Waals surface area contributed by atoms with Crippen LogP contribution in [0.25, 0.3) is 6.08 Å². The van der Waals surface area contributed by atoms with E-state index in [4.69, 9.17) is 10.2 Å². The first-order valence-electron chi connectivity index (χ1n) is 9.94. The van der Waals surface area contributed by atoms with Gasteiger partial charge in [-0.1, -0.05) is 70.9 Å². The highest BCUT2D eigenvalue weighted by Gasteiger charge is 2.16. The molecule has 6 nitrogen and oxygen atoms in total. The predicted octanol–water partition coefficient (Wildman–Crippen LogP) is 4.95. The Morgan fingerprint density at radius 2 is 1.46 bits per heavy atom. The van der Waals surface area contributed by atoms with Gasteiger partial charge in [0.2, 0.25) is 5.91 Å².